The van der Waals surface area contributed by atoms with Gasteiger partial charge in [0.2, 0.25) is 0 Å². The van der Waals surface area contributed by atoms with Gasteiger partial charge in [0.25, 0.3) is 0 Å². The second-order valence-electron chi connectivity index (χ2n) is 3.01. The maximum absolute atomic E-state index is 10.9. The van der Waals surface area contributed by atoms with E-state index in [2.05, 4.69) is 4.98 Å². The van der Waals surface area contributed by atoms with E-state index in [1.807, 2.05) is 25.1 Å². The van der Waals surface area contributed by atoms with Gasteiger partial charge in [-0.25, -0.2) is 4.79 Å². The van der Waals surface area contributed by atoms with Crippen LogP contribution >= 0.6 is 0 Å². The fourth-order valence-corrected chi connectivity index (χ4v) is 1.21. The molecule has 0 saturated carbocycles. The topological polar surface area (TPSA) is 39.2 Å². The van der Waals surface area contributed by atoms with Crippen molar-refractivity contribution in [1.29, 1.82) is 0 Å². The lowest BCUT2D eigenvalue weighted by atomic mass is 10.2. The average molecular weight is 187 g/mol. The van der Waals surface area contributed by atoms with Crippen molar-refractivity contribution in [2.24, 2.45) is 0 Å². The lowest BCUT2D eigenvalue weighted by molar-refractivity contribution is -0.132. The molecule has 0 unspecified atom stereocenters. The first-order chi connectivity index (χ1) is 6.75. The van der Waals surface area contributed by atoms with Crippen LogP contribution in [0.5, 0.6) is 0 Å². The average Bonchev–Trinajstić information content (AvgIpc) is 2.47. The van der Waals surface area contributed by atoms with Gasteiger partial charge in [-0.05, 0) is 24.6 Å². The van der Waals surface area contributed by atoms with Gasteiger partial charge >= 0.3 is 5.97 Å². The zero-order valence-electron chi connectivity index (χ0n) is 7.73. The molecule has 1 aliphatic rings. The van der Waals surface area contributed by atoms with Gasteiger partial charge in [0.15, 0.2) is 0 Å². The molecule has 0 amide bonds. The number of hydrogen-bond donors (Lipinski definition) is 0. The number of ether oxygens (including phenoxy) is 1. The molecule has 0 saturated heterocycles. The first kappa shape index (κ1) is 8.69. The summed E-state index contributed by atoms with van der Waals surface area (Å²) < 4.78 is 4.97. The Kier molecular flexibility index (Phi) is 2.14. The standard InChI is InChI=1S/C11H9NO2/c1-8-6-11(13)14-10(8)7-9-4-2-3-5-12-9/h2-7H,1H3/b10-7-. The molecule has 3 nitrogen and oxygen atoms in total. The van der Waals surface area contributed by atoms with Gasteiger partial charge in [-0.2, -0.15) is 0 Å². The Hall–Kier alpha value is -1.90. The van der Waals surface area contributed by atoms with Crippen LogP contribution in [0, 0.1) is 0 Å². The van der Waals surface area contributed by atoms with Crippen LogP contribution in [-0.2, 0) is 9.53 Å². The van der Waals surface area contributed by atoms with E-state index in [0.29, 0.717) is 5.76 Å². The van der Waals surface area contributed by atoms with Crippen molar-refractivity contribution in [3.05, 3.63) is 47.5 Å². The fraction of sp³-hybridized carbons (Fsp3) is 0.0909. The summed E-state index contributed by atoms with van der Waals surface area (Å²) in [5.74, 6) is 0.262. The molecule has 0 N–H and O–H groups in total. The predicted molar refractivity (Wildman–Crippen MR) is 52.1 cm³/mol. The maximum atomic E-state index is 10.9. The van der Waals surface area contributed by atoms with E-state index in [1.54, 1.807) is 12.3 Å². The van der Waals surface area contributed by atoms with E-state index in [9.17, 15) is 4.79 Å². The minimum absolute atomic E-state index is 0.315. The molecule has 14 heavy (non-hydrogen) atoms. The molecule has 0 spiro atoms. The largest absolute Gasteiger partial charge is 0.423 e. The summed E-state index contributed by atoms with van der Waals surface area (Å²) in [6.45, 7) is 1.83. The number of rotatable bonds is 1. The Morgan fingerprint density at radius 3 is 2.86 bits per heavy atom. The SMILES string of the molecule is CC1=CC(=O)O/C1=C\c1ccccn1. The van der Waals surface area contributed by atoms with E-state index >= 15 is 0 Å². The zero-order chi connectivity index (χ0) is 9.97. The third-order valence-electron chi connectivity index (χ3n) is 1.90. The normalized spacial score (nSPS) is 18.2. The smallest absolute Gasteiger partial charge is 0.336 e. The fourth-order valence-electron chi connectivity index (χ4n) is 1.21. The predicted octanol–water partition coefficient (Wildman–Crippen LogP) is 1.93. The first-order valence-corrected chi connectivity index (χ1v) is 4.29. The minimum Gasteiger partial charge on any atom is -0.423 e. The van der Waals surface area contributed by atoms with Crippen LogP contribution in [0.1, 0.15) is 12.6 Å². The van der Waals surface area contributed by atoms with Crippen molar-refractivity contribution in [2.45, 2.75) is 6.92 Å². The van der Waals surface area contributed by atoms with Crippen LogP contribution < -0.4 is 0 Å². The number of carbonyl (C=O) groups excluding carboxylic acids is 1. The first-order valence-electron chi connectivity index (χ1n) is 4.29. The van der Waals surface area contributed by atoms with Gasteiger partial charge in [-0.3, -0.25) is 4.98 Å². The monoisotopic (exact) mass is 187 g/mol. The summed E-state index contributed by atoms with van der Waals surface area (Å²) in [7, 11) is 0. The van der Waals surface area contributed by atoms with Crippen LogP contribution in [-0.4, -0.2) is 11.0 Å². The van der Waals surface area contributed by atoms with Crippen molar-refractivity contribution >= 4 is 12.0 Å². The minimum atomic E-state index is -0.315. The number of hydrogen-bond acceptors (Lipinski definition) is 3. The van der Waals surface area contributed by atoms with Gasteiger partial charge in [-0.1, -0.05) is 6.07 Å². The van der Waals surface area contributed by atoms with Gasteiger partial charge < -0.3 is 4.74 Å². The highest BCUT2D eigenvalue weighted by Gasteiger charge is 2.15. The van der Waals surface area contributed by atoms with Crippen LogP contribution in [0.15, 0.2) is 41.8 Å². The second kappa shape index (κ2) is 3.46. The third kappa shape index (κ3) is 1.71. The summed E-state index contributed by atoms with van der Waals surface area (Å²) in [5.41, 5.74) is 1.62. The van der Waals surface area contributed by atoms with Crippen molar-refractivity contribution in [3.8, 4) is 0 Å². The Labute approximate surface area is 81.7 Å². The van der Waals surface area contributed by atoms with E-state index in [1.165, 1.54) is 6.08 Å². The van der Waals surface area contributed by atoms with Crippen LogP contribution in [0.2, 0.25) is 0 Å². The van der Waals surface area contributed by atoms with E-state index < -0.39 is 0 Å². The van der Waals surface area contributed by atoms with Gasteiger partial charge in [0.05, 0.1) is 5.69 Å². The number of allylic oxidation sites excluding steroid dienone is 1. The molecule has 0 atom stereocenters. The van der Waals surface area contributed by atoms with Crippen LogP contribution in [0.25, 0.3) is 6.08 Å². The summed E-state index contributed by atoms with van der Waals surface area (Å²) in [5, 5.41) is 0. The lowest BCUT2D eigenvalue weighted by Crippen LogP contribution is -1.91. The molecule has 0 radical (unpaired) electrons. The highest BCUT2D eigenvalue weighted by Crippen LogP contribution is 2.20. The molecule has 3 heteroatoms. The lowest BCUT2D eigenvalue weighted by Gasteiger charge is -1.98. The quantitative estimate of drug-likeness (QED) is 0.630. The molecule has 0 bridgehead atoms. The van der Waals surface area contributed by atoms with E-state index in [0.717, 1.165) is 11.3 Å². The van der Waals surface area contributed by atoms with Crippen molar-refractivity contribution in [1.82, 2.24) is 4.98 Å². The zero-order valence-corrected chi connectivity index (χ0v) is 7.73. The number of aromatic nitrogens is 1. The number of nitrogens with zero attached hydrogens (tertiary/aromatic N) is 1. The second-order valence-corrected chi connectivity index (χ2v) is 3.01. The van der Waals surface area contributed by atoms with Gasteiger partial charge in [0, 0.05) is 18.3 Å². The molecule has 0 fully saturated rings. The van der Waals surface area contributed by atoms with Crippen LogP contribution in [0.4, 0.5) is 0 Å². The molecular weight excluding hydrogens is 178 g/mol. The van der Waals surface area contributed by atoms with E-state index in [-0.39, 0.29) is 5.97 Å². The van der Waals surface area contributed by atoms with Gasteiger partial charge in [-0.15, -0.1) is 0 Å². The molecule has 0 aliphatic carbocycles. The molecule has 2 heterocycles. The molecule has 1 aromatic heterocycles. The highest BCUT2D eigenvalue weighted by molar-refractivity contribution is 5.89. The molecule has 70 valence electrons. The summed E-state index contributed by atoms with van der Waals surface area (Å²) in [4.78, 5) is 15.0. The Balaban J connectivity index is 2.29. The number of esters is 1. The van der Waals surface area contributed by atoms with E-state index in [4.69, 9.17) is 4.74 Å². The summed E-state index contributed by atoms with van der Waals surface area (Å²) in [6.07, 6.45) is 4.91. The molecular formula is C11H9NO2. The Morgan fingerprint density at radius 1 is 1.43 bits per heavy atom. The molecule has 1 aliphatic heterocycles. The van der Waals surface area contributed by atoms with Crippen molar-refractivity contribution in [3.63, 3.8) is 0 Å². The maximum Gasteiger partial charge on any atom is 0.336 e. The van der Waals surface area contributed by atoms with Crippen LogP contribution in [0.3, 0.4) is 0 Å². The third-order valence-corrected chi connectivity index (χ3v) is 1.90. The summed E-state index contributed by atoms with van der Waals surface area (Å²) >= 11 is 0. The highest BCUT2D eigenvalue weighted by atomic mass is 16.5. The molecule has 1 aromatic rings. The van der Waals surface area contributed by atoms with Gasteiger partial charge in [0.1, 0.15) is 5.76 Å². The Morgan fingerprint density at radius 2 is 2.29 bits per heavy atom. The van der Waals surface area contributed by atoms with Crippen molar-refractivity contribution in [2.75, 3.05) is 0 Å². The summed E-state index contributed by atoms with van der Waals surface area (Å²) in [6, 6.07) is 5.58. The molecule has 2 rings (SSSR count). The number of pyridine rings is 1. The number of carbonyl (C=O) groups is 1. The Bertz CT molecular complexity index is 418. The number of cyclic esters (lactones) is 1. The van der Waals surface area contributed by atoms with Crippen molar-refractivity contribution < 1.29 is 9.53 Å². The molecule has 0 aromatic carbocycles.